The average molecular weight is 192 g/mol. The van der Waals surface area contributed by atoms with Gasteiger partial charge in [0.1, 0.15) is 0 Å². The fraction of sp³-hybridized carbons (Fsp3) is 0.200. The van der Waals surface area contributed by atoms with Crippen LogP contribution < -0.4 is 10.7 Å². The molecule has 0 spiro atoms. The third-order valence-electron chi connectivity index (χ3n) is 1.62. The molecule has 1 aromatic heterocycles. The Bertz CT molecular complexity index is 393. The number of pyridine rings is 1. The molecule has 0 saturated carbocycles. The van der Waals surface area contributed by atoms with Crippen LogP contribution >= 0.6 is 0 Å². The molecular weight excluding hydrogens is 180 g/mol. The van der Waals surface area contributed by atoms with Gasteiger partial charge in [-0.25, -0.2) is 0 Å². The van der Waals surface area contributed by atoms with Crippen LogP contribution in [-0.2, 0) is 4.79 Å². The summed E-state index contributed by atoms with van der Waals surface area (Å²) in [5.41, 5.74) is 0.542. The summed E-state index contributed by atoms with van der Waals surface area (Å²) in [7, 11) is 0. The molecule has 0 fully saturated rings. The molecule has 2 N–H and O–H groups in total. The van der Waals surface area contributed by atoms with Crippen molar-refractivity contribution in [2.45, 2.75) is 6.92 Å². The maximum Gasteiger partial charge on any atom is 0.217 e. The molecule has 14 heavy (non-hydrogen) atoms. The molecule has 4 nitrogen and oxygen atoms in total. The molecule has 74 valence electrons. The summed E-state index contributed by atoms with van der Waals surface area (Å²) in [6, 6.07) is 1.46. The average Bonchev–Trinajstić information content (AvgIpc) is 2.15. The number of aromatic nitrogens is 1. The highest BCUT2D eigenvalue weighted by Crippen LogP contribution is 1.90. The van der Waals surface area contributed by atoms with Gasteiger partial charge in [0.15, 0.2) is 5.43 Å². The highest BCUT2D eigenvalue weighted by Gasteiger charge is 1.91. The zero-order valence-corrected chi connectivity index (χ0v) is 7.91. The van der Waals surface area contributed by atoms with E-state index in [1.165, 1.54) is 13.0 Å². The molecule has 0 aromatic carbocycles. The smallest absolute Gasteiger partial charge is 0.217 e. The van der Waals surface area contributed by atoms with Gasteiger partial charge in [-0.1, -0.05) is 12.2 Å². The molecular formula is C10H12N2O2. The lowest BCUT2D eigenvalue weighted by molar-refractivity contribution is -0.118. The van der Waals surface area contributed by atoms with Gasteiger partial charge in [0.05, 0.1) is 0 Å². The number of hydrogen-bond acceptors (Lipinski definition) is 2. The summed E-state index contributed by atoms with van der Waals surface area (Å²) in [6.45, 7) is 1.88. The number of amides is 1. The SMILES string of the molecule is CC(=O)NCC=Cc1c[nH]ccc1=O. The van der Waals surface area contributed by atoms with Crippen molar-refractivity contribution >= 4 is 12.0 Å². The fourth-order valence-electron chi connectivity index (χ4n) is 0.948. The first-order chi connectivity index (χ1) is 6.70. The van der Waals surface area contributed by atoms with E-state index in [4.69, 9.17) is 0 Å². The highest BCUT2D eigenvalue weighted by atomic mass is 16.1. The van der Waals surface area contributed by atoms with E-state index in [0.29, 0.717) is 12.1 Å². The van der Waals surface area contributed by atoms with Crippen LogP contribution in [0.15, 0.2) is 29.3 Å². The molecule has 1 rings (SSSR count). The third kappa shape index (κ3) is 3.26. The van der Waals surface area contributed by atoms with Crippen molar-refractivity contribution in [3.05, 3.63) is 40.3 Å². The van der Waals surface area contributed by atoms with Gasteiger partial charge in [-0.15, -0.1) is 0 Å². The maximum atomic E-state index is 11.2. The van der Waals surface area contributed by atoms with Gasteiger partial charge in [0, 0.05) is 37.5 Å². The van der Waals surface area contributed by atoms with Crippen LogP contribution in [-0.4, -0.2) is 17.4 Å². The number of H-pyrrole nitrogens is 1. The Kier molecular flexibility index (Phi) is 3.67. The van der Waals surface area contributed by atoms with Gasteiger partial charge in [-0.3, -0.25) is 9.59 Å². The molecule has 0 aliphatic heterocycles. The quantitative estimate of drug-likeness (QED) is 0.733. The monoisotopic (exact) mass is 192 g/mol. The second-order valence-corrected chi connectivity index (χ2v) is 2.80. The number of hydrogen-bond donors (Lipinski definition) is 2. The summed E-state index contributed by atoms with van der Waals surface area (Å²) >= 11 is 0. The highest BCUT2D eigenvalue weighted by molar-refractivity contribution is 5.73. The molecule has 0 saturated heterocycles. The van der Waals surface area contributed by atoms with Crippen molar-refractivity contribution in [3.8, 4) is 0 Å². The summed E-state index contributed by atoms with van der Waals surface area (Å²) in [5.74, 6) is -0.0865. The van der Waals surface area contributed by atoms with E-state index in [1.54, 1.807) is 24.5 Å². The largest absolute Gasteiger partial charge is 0.367 e. The maximum absolute atomic E-state index is 11.2. The molecule has 1 amide bonds. The zero-order valence-electron chi connectivity index (χ0n) is 7.91. The van der Waals surface area contributed by atoms with E-state index in [2.05, 4.69) is 10.3 Å². The van der Waals surface area contributed by atoms with Crippen molar-refractivity contribution in [2.75, 3.05) is 6.54 Å². The number of rotatable bonds is 3. The Morgan fingerprint density at radius 3 is 3.07 bits per heavy atom. The molecule has 1 heterocycles. The van der Waals surface area contributed by atoms with Gasteiger partial charge < -0.3 is 10.3 Å². The van der Waals surface area contributed by atoms with E-state index in [-0.39, 0.29) is 11.3 Å². The normalized spacial score (nSPS) is 10.4. The minimum atomic E-state index is -0.0865. The lowest BCUT2D eigenvalue weighted by atomic mass is 10.2. The summed E-state index contributed by atoms with van der Waals surface area (Å²) in [6.07, 6.45) is 6.60. The number of carbonyl (C=O) groups is 1. The number of nitrogens with one attached hydrogen (secondary N) is 2. The molecule has 0 atom stereocenters. The Morgan fingerprint density at radius 1 is 1.64 bits per heavy atom. The lowest BCUT2D eigenvalue weighted by Gasteiger charge is -1.94. The molecule has 0 radical (unpaired) electrons. The third-order valence-corrected chi connectivity index (χ3v) is 1.62. The van der Waals surface area contributed by atoms with Crippen molar-refractivity contribution < 1.29 is 4.79 Å². The van der Waals surface area contributed by atoms with Crippen molar-refractivity contribution in [1.82, 2.24) is 10.3 Å². The van der Waals surface area contributed by atoms with E-state index in [9.17, 15) is 9.59 Å². The van der Waals surface area contributed by atoms with Crippen molar-refractivity contribution in [1.29, 1.82) is 0 Å². The lowest BCUT2D eigenvalue weighted by Crippen LogP contribution is -2.19. The topological polar surface area (TPSA) is 62.0 Å². The van der Waals surface area contributed by atoms with Gasteiger partial charge in [0.2, 0.25) is 5.91 Å². The molecule has 1 aromatic rings. The Balaban J connectivity index is 2.56. The van der Waals surface area contributed by atoms with Gasteiger partial charge >= 0.3 is 0 Å². The Labute approximate surface area is 81.7 Å². The van der Waals surface area contributed by atoms with Crippen LogP contribution in [0.4, 0.5) is 0 Å². The van der Waals surface area contributed by atoms with Crippen molar-refractivity contribution in [2.24, 2.45) is 0 Å². The van der Waals surface area contributed by atoms with E-state index < -0.39 is 0 Å². The van der Waals surface area contributed by atoms with Crippen molar-refractivity contribution in [3.63, 3.8) is 0 Å². The first-order valence-electron chi connectivity index (χ1n) is 4.28. The second-order valence-electron chi connectivity index (χ2n) is 2.80. The van der Waals surface area contributed by atoms with Crippen LogP contribution in [0.1, 0.15) is 12.5 Å². The Morgan fingerprint density at radius 2 is 2.43 bits per heavy atom. The molecule has 4 heteroatoms. The number of aromatic amines is 1. The first kappa shape index (κ1) is 10.2. The molecule has 0 bridgehead atoms. The van der Waals surface area contributed by atoms with Crippen LogP contribution in [0.5, 0.6) is 0 Å². The summed E-state index contributed by atoms with van der Waals surface area (Å²) in [5, 5.41) is 2.60. The predicted molar refractivity (Wildman–Crippen MR) is 54.8 cm³/mol. The van der Waals surface area contributed by atoms with Crippen LogP contribution in [0.25, 0.3) is 6.08 Å². The van der Waals surface area contributed by atoms with Crippen LogP contribution in [0, 0.1) is 0 Å². The van der Waals surface area contributed by atoms with E-state index in [1.807, 2.05) is 0 Å². The predicted octanol–water partition coefficient (Wildman–Crippen LogP) is 0.524. The zero-order chi connectivity index (χ0) is 10.4. The summed E-state index contributed by atoms with van der Waals surface area (Å²) in [4.78, 5) is 24.5. The minimum absolute atomic E-state index is 0.0391. The van der Waals surface area contributed by atoms with Gasteiger partial charge in [-0.05, 0) is 0 Å². The number of carbonyl (C=O) groups excluding carboxylic acids is 1. The molecule has 0 unspecified atom stereocenters. The molecule has 0 aliphatic carbocycles. The van der Waals surface area contributed by atoms with Crippen LogP contribution in [0.3, 0.4) is 0 Å². The second kappa shape index (κ2) is 5.01. The molecule has 0 aliphatic rings. The van der Waals surface area contributed by atoms with Gasteiger partial charge in [0.25, 0.3) is 0 Å². The Hall–Kier alpha value is -1.84. The fourth-order valence-corrected chi connectivity index (χ4v) is 0.948. The van der Waals surface area contributed by atoms with E-state index >= 15 is 0 Å². The standard InChI is InChI=1S/C10H12N2O2/c1-8(13)12-5-2-3-9-7-11-6-4-10(9)14/h2-4,6-7H,5H2,1H3,(H,11,14)(H,12,13). The van der Waals surface area contributed by atoms with Gasteiger partial charge in [-0.2, -0.15) is 0 Å². The summed E-state index contributed by atoms with van der Waals surface area (Å²) < 4.78 is 0. The van der Waals surface area contributed by atoms with E-state index in [0.717, 1.165) is 0 Å². The first-order valence-corrected chi connectivity index (χ1v) is 4.28. The van der Waals surface area contributed by atoms with Crippen LogP contribution in [0.2, 0.25) is 0 Å². The minimum Gasteiger partial charge on any atom is -0.367 e.